The molecular formula is C74H87F4N23O2. The summed E-state index contributed by atoms with van der Waals surface area (Å²) >= 11 is 0. The molecule has 0 bridgehead atoms. The Bertz CT molecular complexity index is 5060. The first-order chi connectivity index (χ1) is 49.0. The highest BCUT2D eigenvalue weighted by Gasteiger charge is 2.38. The van der Waals surface area contributed by atoms with Gasteiger partial charge in [-0.25, -0.2) is 66.5 Å². The molecule has 4 fully saturated rings. The lowest BCUT2D eigenvalue weighted by molar-refractivity contribution is 0.0133. The number of nitrogens with two attached hydrogens (primary N) is 5. The topological polar surface area (TPSA) is 359 Å². The minimum atomic E-state index is -2.32. The lowest BCUT2D eigenvalue weighted by Gasteiger charge is -2.33. The van der Waals surface area contributed by atoms with Gasteiger partial charge in [0.15, 0.2) is 57.5 Å². The van der Waals surface area contributed by atoms with Gasteiger partial charge in [0.05, 0.1) is 57.4 Å². The van der Waals surface area contributed by atoms with E-state index in [4.69, 9.17) is 33.7 Å². The largest absolute Gasteiger partial charge is 0.390 e. The Kier molecular flexibility index (Phi) is 19.7. The maximum atomic E-state index is 13.6. The summed E-state index contributed by atoms with van der Waals surface area (Å²) in [5, 5.41) is 38.9. The molecule has 1 unspecified atom stereocenters. The average molecular weight is 1410 g/mol. The summed E-state index contributed by atoms with van der Waals surface area (Å²) in [5.41, 5.74) is 40.8. The summed E-state index contributed by atoms with van der Waals surface area (Å²) in [6, 6.07) is 28.2. The van der Waals surface area contributed by atoms with Crippen LogP contribution in [0, 0.1) is 39.3 Å². The van der Waals surface area contributed by atoms with E-state index in [9.17, 15) is 27.8 Å². The first-order valence-corrected chi connectivity index (χ1v) is 34.9. The van der Waals surface area contributed by atoms with Crippen LogP contribution in [0.5, 0.6) is 0 Å². The van der Waals surface area contributed by atoms with E-state index in [0.29, 0.717) is 101 Å². The van der Waals surface area contributed by atoms with Crippen molar-refractivity contribution in [2.75, 3.05) is 42.6 Å². The number of benzene rings is 3. The molecular weight excluding hydrogens is 1320 g/mol. The van der Waals surface area contributed by atoms with Crippen molar-refractivity contribution in [2.45, 2.75) is 179 Å². The highest BCUT2D eigenvalue weighted by molar-refractivity contribution is 5.71. The Hall–Kier alpha value is -10.2. The summed E-state index contributed by atoms with van der Waals surface area (Å²) in [4.78, 5) is 42.4. The third-order valence-electron chi connectivity index (χ3n) is 20.2. The minimum Gasteiger partial charge on any atom is -0.390 e. The number of nitrogen functional groups attached to an aromatic ring is 4. The summed E-state index contributed by atoms with van der Waals surface area (Å²) in [6.07, 6.45) is 8.93. The molecule has 5 atom stereocenters. The van der Waals surface area contributed by atoms with Gasteiger partial charge in [-0.05, 0) is 174 Å². The van der Waals surface area contributed by atoms with Gasteiger partial charge in [-0.15, -0.1) is 10.2 Å². The van der Waals surface area contributed by atoms with Crippen LogP contribution in [0.3, 0.4) is 0 Å². The Morgan fingerprint density at radius 2 is 1.09 bits per heavy atom. The van der Waals surface area contributed by atoms with Crippen molar-refractivity contribution in [1.29, 1.82) is 0 Å². The fraction of sp³-hybridized carbons (Fsp3) is 0.419. The normalized spacial score (nSPS) is 21.5. The third kappa shape index (κ3) is 15.5. The van der Waals surface area contributed by atoms with Crippen molar-refractivity contribution in [1.82, 2.24) is 88.2 Å². The maximum Gasteiger partial charge on any atom is 0.251 e. The average Bonchev–Trinajstić information content (AvgIpc) is 1.65. The van der Waals surface area contributed by atoms with Crippen LogP contribution in [-0.4, -0.2) is 136 Å². The van der Waals surface area contributed by atoms with Crippen molar-refractivity contribution in [2.24, 2.45) is 5.73 Å². The van der Waals surface area contributed by atoms with Crippen molar-refractivity contribution in [3.63, 3.8) is 0 Å². The van der Waals surface area contributed by atoms with Crippen LogP contribution in [0.1, 0.15) is 185 Å². The van der Waals surface area contributed by atoms with Gasteiger partial charge in [-0.2, -0.15) is 19.2 Å². The van der Waals surface area contributed by atoms with Crippen LogP contribution >= 0.6 is 0 Å². The molecule has 0 radical (unpaired) electrons. The fourth-order valence-corrected chi connectivity index (χ4v) is 14.4. The number of piperidine rings is 1. The highest BCUT2D eigenvalue weighted by Crippen LogP contribution is 2.47. The standard InChI is InChI=1S/C19H22FN5O.C19H25N7.C18H20F2N6.C18H20FN5O/c1-11-15(12-5-3-7-14(20)9-12)22-16(21)18-23-17(24-25(11)18)13-6-4-8-19(2,26)10-13;1-10-11(2)23-18(20)26-17(10)24-16(25-26)14-7-13(8-14)12-5-6-15(22-9-12)19(3,4)21;19-15(20)11-25-8-4-7-13(10-25)17-23-16-9-14(12-5-2-1-3-6-12)22-18(21)26(16)24-17;1-10-14(11-4-3-5-13(19)8-11)21-15(20)17-22-16(23-24(10)17)12-6-7-18(2,25)9-12/h3,5,7,9,13,26H,4,6,8,10H2,1-2H3,(H2,21,22);5-6,9,13-14H,7-8,21H2,1-4H3,(H2,20,23);1-3,5-6,9,13,15H,4,7-8,10-11H2,(H2,21,22);3-5,8,12,25H,6-7,9H2,1-2H3,(H2,20,21)/t13-,19?;;13-;12-,18+/m1.10/s1. The zero-order valence-corrected chi connectivity index (χ0v) is 59.0. The zero-order valence-electron chi connectivity index (χ0n) is 59.0. The number of likely N-dealkylation sites (tertiary alicyclic amines) is 1. The van der Waals surface area contributed by atoms with Gasteiger partial charge in [0, 0.05) is 70.4 Å². The Morgan fingerprint density at radius 1 is 0.553 bits per heavy atom. The van der Waals surface area contributed by atoms with Gasteiger partial charge in [0.25, 0.3) is 6.43 Å². The zero-order chi connectivity index (χ0) is 73.0. The molecule has 1 aliphatic heterocycles. The molecule has 12 N–H and O–H groups in total. The predicted molar refractivity (Wildman–Crippen MR) is 386 cm³/mol. The molecule has 3 aromatic carbocycles. The number of hydrogen-bond acceptors (Lipinski definition) is 21. The molecule has 3 aliphatic carbocycles. The molecule has 538 valence electrons. The first-order valence-electron chi connectivity index (χ1n) is 34.9. The molecule has 10 heterocycles. The highest BCUT2D eigenvalue weighted by atomic mass is 19.3. The van der Waals surface area contributed by atoms with Crippen molar-refractivity contribution in [3.8, 4) is 33.8 Å². The molecule has 16 rings (SSSR count). The Balaban J connectivity index is 0.000000122. The van der Waals surface area contributed by atoms with Gasteiger partial charge in [-0.3, -0.25) is 9.88 Å². The monoisotopic (exact) mass is 1410 g/mol. The Labute approximate surface area is 592 Å². The number of nitrogens with zero attached hydrogens (tertiary/aromatic N) is 18. The summed E-state index contributed by atoms with van der Waals surface area (Å²) in [7, 11) is 0. The number of anilines is 4. The molecule has 3 saturated carbocycles. The summed E-state index contributed by atoms with van der Waals surface area (Å²) in [6.45, 7) is 16.3. The lowest BCUT2D eigenvalue weighted by Crippen LogP contribution is -2.37. The molecule has 0 amide bonds. The molecule has 4 aliphatic rings. The van der Waals surface area contributed by atoms with E-state index in [1.54, 1.807) is 42.7 Å². The molecule has 103 heavy (non-hydrogen) atoms. The van der Waals surface area contributed by atoms with E-state index in [1.807, 2.05) is 104 Å². The van der Waals surface area contributed by atoms with Crippen LogP contribution in [0.25, 0.3) is 56.4 Å². The van der Waals surface area contributed by atoms with Crippen molar-refractivity contribution < 1.29 is 27.8 Å². The molecule has 25 nitrogen and oxygen atoms in total. The first kappa shape index (κ1) is 71.2. The second kappa shape index (κ2) is 28.5. The number of rotatable bonds is 11. The van der Waals surface area contributed by atoms with Gasteiger partial charge < -0.3 is 38.9 Å². The van der Waals surface area contributed by atoms with Gasteiger partial charge in [0.1, 0.15) is 11.6 Å². The van der Waals surface area contributed by atoms with E-state index in [-0.39, 0.29) is 53.5 Å². The number of aromatic nitrogens is 17. The lowest BCUT2D eigenvalue weighted by atomic mass is 9.71. The number of aliphatic hydroxyl groups is 2. The number of alkyl halides is 2. The smallest absolute Gasteiger partial charge is 0.251 e. The van der Waals surface area contributed by atoms with Crippen LogP contribution in [0.4, 0.5) is 41.1 Å². The van der Waals surface area contributed by atoms with Gasteiger partial charge in [-0.1, -0.05) is 60.7 Å². The van der Waals surface area contributed by atoms with Gasteiger partial charge >= 0.3 is 0 Å². The number of fused-ring (bicyclic) bond motifs is 4. The summed E-state index contributed by atoms with van der Waals surface area (Å²) < 4.78 is 59.0. The van der Waals surface area contributed by atoms with Crippen molar-refractivity contribution >= 4 is 46.1 Å². The van der Waals surface area contributed by atoms with Crippen LogP contribution in [0.15, 0.2) is 103 Å². The quantitative estimate of drug-likeness (QED) is 0.0591. The predicted octanol–water partition coefficient (Wildman–Crippen LogP) is 11.5. The molecule has 29 heteroatoms. The van der Waals surface area contributed by atoms with Crippen LogP contribution in [-0.2, 0) is 5.54 Å². The minimum absolute atomic E-state index is 0.0296. The number of pyridine rings is 1. The van der Waals surface area contributed by atoms with Crippen LogP contribution in [0.2, 0.25) is 0 Å². The second-order valence-electron chi connectivity index (χ2n) is 29.1. The van der Waals surface area contributed by atoms with Crippen LogP contribution < -0.4 is 28.7 Å². The Morgan fingerprint density at radius 3 is 1.65 bits per heavy atom. The molecule has 12 aromatic rings. The maximum absolute atomic E-state index is 13.6. The van der Waals surface area contributed by atoms with Crippen molar-refractivity contribution in [3.05, 3.63) is 172 Å². The molecule has 0 spiro atoms. The molecule has 1 saturated heterocycles. The number of halogens is 4. The van der Waals surface area contributed by atoms with E-state index < -0.39 is 23.2 Å². The van der Waals surface area contributed by atoms with E-state index in [2.05, 4.69) is 66.3 Å². The van der Waals surface area contributed by atoms with Gasteiger partial charge in [0.2, 0.25) is 11.9 Å². The van der Waals surface area contributed by atoms with E-state index in [1.165, 1.54) is 34.3 Å². The summed E-state index contributed by atoms with van der Waals surface area (Å²) in [5.74, 6) is 4.44. The second-order valence-corrected chi connectivity index (χ2v) is 29.1. The third-order valence-corrected chi connectivity index (χ3v) is 20.2. The van der Waals surface area contributed by atoms with E-state index >= 15 is 0 Å². The van der Waals surface area contributed by atoms with E-state index in [0.717, 1.165) is 109 Å². The number of hydrogen-bond donors (Lipinski definition) is 7. The SMILES string of the molecule is Cc1c(-c2cccc(F)c2)nc(N)c2nc([C@@H]3CCCC(C)(O)C3)nn12.Cc1c(-c2cccc(F)c2)nc(N)c2nc([C@H]3CC[C@@](C)(O)C3)nn12.Cc1nc(N)n2nc(C3CC(c4ccc(C(C)(C)N)nc4)C3)nc2c1C.Nc1nc(-c2ccccc2)cc2nc([C@@H]3CCCN(CC(F)F)C3)nn12. The number of aryl methyl sites for hydroxylation is 4. The molecule has 9 aromatic heterocycles. The fourth-order valence-electron chi connectivity index (χ4n) is 14.4.